The number of para-hydroxylation sites is 1. The third-order valence-electron chi connectivity index (χ3n) is 3.07. The Hall–Kier alpha value is -2.11. The van der Waals surface area contributed by atoms with Crippen molar-refractivity contribution in [3.63, 3.8) is 0 Å². The van der Waals surface area contributed by atoms with Gasteiger partial charge in [0.15, 0.2) is 0 Å². The molecule has 2 N–H and O–H groups in total. The molecule has 6 heteroatoms. The zero-order valence-electron chi connectivity index (χ0n) is 12.3. The first kappa shape index (κ1) is 15.8. The minimum Gasteiger partial charge on any atom is -0.339 e. The summed E-state index contributed by atoms with van der Waals surface area (Å²) in [6.07, 6.45) is 0. The van der Waals surface area contributed by atoms with Crippen LogP contribution < -0.4 is 10.6 Å². The molecule has 0 unspecified atom stereocenters. The fraction of sp³-hybridized carbons (Fsp3) is 0.0588. The first-order valence-corrected chi connectivity index (χ1v) is 8.17. The Bertz CT molecular complexity index is 838. The SMILES string of the molecule is Cc1cc(Nc2ccccc2Br)nc(Nc2cccc(Cl)c2)n1. The zero-order chi connectivity index (χ0) is 16.2. The zero-order valence-corrected chi connectivity index (χ0v) is 14.7. The summed E-state index contributed by atoms with van der Waals surface area (Å²) in [5.74, 6) is 1.23. The highest BCUT2D eigenvalue weighted by molar-refractivity contribution is 9.10. The summed E-state index contributed by atoms with van der Waals surface area (Å²) in [4.78, 5) is 8.90. The number of hydrogen-bond donors (Lipinski definition) is 2. The van der Waals surface area contributed by atoms with Crippen LogP contribution in [0.5, 0.6) is 0 Å². The van der Waals surface area contributed by atoms with Crippen molar-refractivity contribution < 1.29 is 0 Å². The fourth-order valence-electron chi connectivity index (χ4n) is 2.08. The van der Waals surface area contributed by atoms with Crippen molar-refractivity contribution in [2.75, 3.05) is 10.6 Å². The number of hydrogen-bond acceptors (Lipinski definition) is 4. The minimum absolute atomic E-state index is 0.516. The van der Waals surface area contributed by atoms with Crippen molar-refractivity contribution in [1.29, 1.82) is 0 Å². The van der Waals surface area contributed by atoms with E-state index in [4.69, 9.17) is 11.6 Å². The molecular weight excluding hydrogens is 376 g/mol. The maximum Gasteiger partial charge on any atom is 0.229 e. The second-order valence-electron chi connectivity index (χ2n) is 4.96. The maximum atomic E-state index is 6.00. The van der Waals surface area contributed by atoms with E-state index in [0.29, 0.717) is 16.8 Å². The molecule has 1 heterocycles. The molecule has 0 bridgehead atoms. The molecule has 0 radical (unpaired) electrons. The lowest BCUT2D eigenvalue weighted by Crippen LogP contribution is -2.02. The molecule has 23 heavy (non-hydrogen) atoms. The summed E-state index contributed by atoms with van der Waals surface area (Å²) in [5, 5.41) is 7.12. The van der Waals surface area contributed by atoms with Gasteiger partial charge >= 0.3 is 0 Å². The van der Waals surface area contributed by atoms with Crippen LogP contribution in [-0.4, -0.2) is 9.97 Å². The molecule has 0 aliphatic carbocycles. The number of aryl methyl sites for hydroxylation is 1. The topological polar surface area (TPSA) is 49.8 Å². The third kappa shape index (κ3) is 4.21. The molecule has 0 amide bonds. The van der Waals surface area contributed by atoms with Gasteiger partial charge < -0.3 is 10.6 Å². The summed E-state index contributed by atoms with van der Waals surface area (Å²) in [7, 11) is 0. The van der Waals surface area contributed by atoms with Crippen molar-refractivity contribution in [1.82, 2.24) is 9.97 Å². The second kappa shape index (κ2) is 6.98. The van der Waals surface area contributed by atoms with Crippen LogP contribution in [-0.2, 0) is 0 Å². The van der Waals surface area contributed by atoms with E-state index < -0.39 is 0 Å². The molecule has 1 aromatic heterocycles. The van der Waals surface area contributed by atoms with Gasteiger partial charge in [-0.2, -0.15) is 4.98 Å². The molecule has 0 spiro atoms. The van der Waals surface area contributed by atoms with Crippen molar-refractivity contribution in [3.8, 4) is 0 Å². The van der Waals surface area contributed by atoms with E-state index in [2.05, 4.69) is 36.5 Å². The Kier molecular flexibility index (Phi) is 4.79. The Morgan fingerprint density at radius 2 is 1.78 bits per heavy atom. The largest absolute Gasteiger partial charge is 0.339 e. The van der Waals surface area contributed by atoms with E-state index in [9.17, 15) is 0 Å². The second-order valence-corrected chi connectivity index (χ2v) is 6.25. The van der Waals surface area contributed by atoms with Crippen LogP contribution in [0.4, 0.5) is 23.1 Å². The first-order chi connectivity index (χ1) is 11.1. The van der Waals surface area contributed by atoms with Gasteiger partial charge in [0.25, 0.3) is 0 Å². The summed E-state index contributed by atoms with van der Waals surface area (Å²) in [6, 6.07) is 17.2. The average Bonchev–Trinajstić information content (AvgIpc) is 2.49. The van der Waals surface area contributed by atoms with Crippen LogP contribution in [0.3, 0.4) is 0 Å². The fourth-order valence-corrected chi connectivity index (χ4v) is 2.66. The molecule has 4 nitrogen and oxygen atoms in total. The molecule has 116 valence electrons. The Morgan fingerprint density at radius 3 is 2.57 bits per heavy atom. The third-order valence-corrected chi connectivity index (χ3v) is 4.00. The molecule has 3 aromatic rings. The normalized spacial score (nSPS) is 10.4. The molecular formula is C17H14BrClN4. The van der Waals surface area contributed by atoms with Crippen LogP contribution in [0.1, 0.15) is 5.69 Å². The maximum absolute atomic E-state index is 6.00. The van der Waals surface area contributed by atoms with Crippen LogP contribution in [0.25, 0.3) is 0 Å². The van der Waals surface area contributed by atoms with Gasteiger partial charge in [0.2, 0.25) is 5.95 Å². The van der Waals surface area contributed by atoms with Crippen molar-refractivity contribution in [2.24, 2.45) is 0 Å². The molecule has 3 rings (SSSR count). The molecule has 0 aliphatic rings. The smallest absolute Gasteiger partial charge is 0.229 e. The van der Waals surface area contributed by atoms with E-state index in [-0.39, 0.29) is 0 Å². The quantitative estimate of drug-likeness (QED) is 0.602. The highest BCUT2D eigenvalue weighted by Gasteiger charge is 2.05. The van der Waals surface area contributed by atoms with Gasteiger partial charge in [-0.1, -0.05) is 29.8 Å². The van der Waals surface area contributed by atoms with Gasteiger partial charge in [0.05, 0.1) is 5.69 Å². The van der Waals surface area contributed by atoms with E-state index >= 15 is 0 Å². The molecule has 0 aliphatic heterocycles. The van der Waals surface area contributed by atoms with Crippen LogP contribution >= 0.6 is 27.5 Å². The Balaban J connectivity index is 1.86. The van der Waals surface area contributed by atoms with Crippen molar-refractivity contribution in [2.45, 2.75) is 6.92 Å². The number of nitrogens with one attached hydrogen (secondary N) is 2. The van der Waals surface area contributed by atoms with Gasteiger partial charge in [0.1, 0.15) is 5.82 Å². The van der Waals surface area contributed by atoms with E-state index in [1.807, 2.05) is 61.5 Å². The molecule has 2 aromatic carbocycles. The summed E-state index contributed by atoms with van der Waals surface area (Å²) < 4.78 is 0.973. The number of rotatable bonds is 4. The van der Waals surface area contributed by atoms with Gasteiger partial charge in [-0.15, -0.1) is 0 Å². The van der Waals surface area contributed by atoms with Crippen LogP contribution in [0.2, 0.25) is 5.02 Å². The van der Waals surface area contributed by atoms with E-state index in [1.165, 1.54) is 0 Å². The highest BCUT2D eigenvalue weighted by atomic mass is 79.9. The standard InChI is InChI=1S/C17H14BrClN4/c1-11-9-16(22-15-8-3-2-7-14(15)18)23-17(20-11)21-13-6-4-5-12(19)10-13/h2-10H,1H3,(H2,20,21,22,23). The number of halogens is 2. The van der Waals surface area contributed by atoms with Crippen LogP contribution in [0.15, 0.2) is 59.1 Å². The molecule has 0 fully saturated rings. The number of benzene rings is 2. The van der Waals surface area contributed by atoms with Gasteiger partial charge in [-0.05, 0) is 53.2 Å². The van der Waals surface area contributed by atoms with Gasteiger partial charge in [-0.25, -0.2) is 4.98 Å². The van der Waals surface area contributed by atoms with E-state index in [1.54, 1.807) is 0 Å². The Morgan fingerprint density at radius 1 is 0.957 bits per heavy atom. The van der Waals surface area contributed by atoms with Crippen LogP contribution in [0, 0.1) is 6.92 Å². The average molecular weight is 390 g/mol. The van der Waals surface area contributed by atoms with Gasteiger partial charge in [-0.3, -0.25) is 0 Å². The number of anilines is 4. The lowest BCUT2D eigenvalue weighted by molar-refractivity contribution is 1.11. The first-order valence-electron chi connectivity index (χ1n) is 7.00. The Labute approximate surface area is 148 Å². The predicted octanol–water partition coefficient (Wildman–Crippen LogP) is 5.69. The lowest BCUT2D eigenvalue weighted by Gasteiger charge is -2.11. The molecule has 0 saturated carbocycles. The summed E-state index contributed by atoms with van der Waals surface area (Å²) >= 11 is 9.52. The van der Waals surface area contributed by atoms with Gasteiger partial charge in [0, 0.05) is 26.9 Å². The molecule has 0 atom stereocenters. The minimum atomic E-state index is 0.516. The highest BCUT2D eigenvalue weighted by Crippen LogP contribution is 2.26. The number of nitrogens with zero attached hydrogens (tertiary/aromatic N) is 2. The van der Waals surface area contributed by atoms with Crippen molar-refractivity contribution >= 4 is 50.7 Å². The summed E-state index contributed by atoms with van der Waals surface area (Å²) in [6.45, 7) is 1.93. The number of aromatic nitrogens is 2. The molecule has 0 saturated heterocycles. The van der Waals surface area contributed by atoms with E-state index in [0.717, 1.165) is 21.5 Å². The monoisotopic (exact) mass is 388 g/mol. The lowest BCUT2D eigenvalue weighted by atomic mass is 10.3. The van der Waals surface area contributed by atoms with Crippen molar-refractivity contribution in [3.05, 3.63) is 69.8 Å². The predicted molar refractivity (Wildman–Crippen MR) is 98.9 cm³/mol. The summed E-state index contributed by atoms with van der Waals surface area (Å²) in [5.41, 5.74) is 2.65.